The summed E-state index contributed by atoms with van der Waals surface area (Å²) in [4.78, 5) is 0. The molecule has 0 aliphatic carbocycles. The van der Waals surface area contributed by atoms with Gasteiger partial charge in [-0.25, -0.2) is 0 Å². The molecule has 1 aromatic carbocycles. The Morgan fingerprint density at radius 3 is 2.10 bits per heavy atom. The first-order valence-corrected chi connectivity index (χ1v) is 19.6. The highest BCUT2D eigenvalue weighted by molar-refractivity contribution is 5.44. The van der Waals surface area contributed by atoms with Gasteiger partial charge in [0.2, 0.25) is 0 Å². The van der Waals surface area contributed by atoms with Crippen molar-refractivity contribution in [3.05, 3.63) is 66.8 Å². The van der Waals surface area contributed by atoms with Gasteiger partial charge in [0.25, 0.3) is 0 Å². The van der Waals surface area contributed by atoms with Crippen molar-refractivity contribution in [2.75, 3.05) is 11.9 Å². The van der Waals surface area contributed by atoms with Gasteiger partial charge in [0.1, 0.15) is 0 Å². The van der Waals surface area contributed by atoms with E-state index in [1.165, 1.54) is 36.8 Å². The Morgan fingerprint density at radius 1 is 0.938 bits per heavy atom. The highest BCUT2D eigenvalue weighted by Crippen LogP contribution is 2.46. The molecule has 1 aromatic rings. The van der Waals surface area contributed by atoms with Gasteiger partial charge in [0.15, 0.2) is 0 Å². The van der Waals surface area contributed by atoms with Crippen LogP contribution in [0.1, 0.15) is 141 Å². The molecule has 3 N–H and O–H groups in total. The Hall–Kier alpha value is -2.24. The summed E-state index contributed by atoms with van der Waals surface area (Å²) in [5.41, 5.74) is 10.7. The number of allylic oxidation sites excluding steroid dienone is 3. The Labute approximate surface area is 300 Å². The van der Waals surface area contributed by atoms with Gasteiger partial charge in [-0.05, 0) is 96.5 Å². The molecular weight excluding hydrogens is 581 g/mol. The van der Waals surface area contributed by atoms with Crippen LogP contribution in [-0.2, 0) is 0 Å². The van der Waals surface area contributed by atoms with Crippen molar-refractivity contribution in [2.24, 2.45) is 58.0 Å². The third kappa shape index (κ3) is 14.7. The van der Waals surface area contributed by atoms with Crippen molar-refractivity contribution in [2.45, 2.75) is 147 Å². The van der Waals surface area contributed by atoms with Crippen LogP contribution in [0.4, 0.5) is 5.69 Å². The number of nitrogens with one attached hydrogen (secondary N) is 1. The van der Waals surface area contributed by atoms with Gasteiger partial charge in [0.05, 0.1) is 0 Å². The van der Waals surface area contributed by atoms with Crippen molar-refractivity contribution < 1.29 is 0 Å². The van der Waals surface area contributed by atoms with Gasteiger partial charge in [0, 0.05) is 30.3 Å². The molecule has 0 radical (unpaired) electrons. The number of para-hydroxylation sites is 1. The van der Waals surface area contributed by atoms with E-state index in [-0.39, 0.29) is 16.9 Å². The summed E-state index contributed by atoms with van der Waals surface area (Å²) >= 11 is 0. The second-order valence-electron chi connectivity index (χ2n) is 16.9. The number of hydrogen-bond donors (Lipinski definition) is 2. The lowest BCUT2D eigenvalue weighted by atomic mass is 9.62. The zero-order chi connectivity index (χ0) is 36.5. The summed E-state index contributed by atoms with van der Waals surface area (Å²) in [5.74, 6) is 10.9. The van der Waals surface area contributed by atoms with E-state index in [1.807, 2.05) is 0 Å². The molecule has 0 aliphatic heterocycles. The van der Waals surface area contributed by atoms with Crippen LogP contribution >= 0.6 is 0 Å². The molecule has 48 heavy (non-hydrogen) atoms. The van der Waals surface area contributed by atoms with Gasteiger partial charge < -0.3 is 11.1 Å². The SMILES string of the molecule is C=CC(C)C(=C)C(C)C(CC(C)CC(N)CC(C)C)C(C)(C)CC(C)/C(C#CCC(C)(CCC)C(CC)CC)=C\CNc1ccccc1. The minimum absolute atomic E-state index is 0.0823. The third-order valence-electron chi connectivity index (χ3n) is 11.5. The summed E-state index contributed by atoms with van der Waals surface area (Å²) in [7, 11) is 0. The van der Waals surface area contributed by atoms with Crippen LogP contribution in [0.3, 0.4) is 0 Å². The van der Waals surface area contributed by atoms with Crippen molar-refractivity contribution in [3.8, 4) is 11.8 Å². The summed E-state index contributed by atoms with van der Waals surface area (Å²) in [6.45, 7) is 38.0. The van der Waals surface area contributed by atoms with E-state index in [1.54, 1.807) is 0 Å². The highest BCUT2D eigenvalue weighted by atomic mass is 14.8. The van der Waals surface area contributed by atoms with Crippen LogP contribution < -0.4 is 11.1 Å². The summed E-state index contributed by atoms with van der Waals surface area (Å²) in [5, 5.41) is 3.61. The maximum absolute atomic E-state index is 6.65. The molecule has 2 heteroatoms. The first-order chi connectivity index (χ1) is 22.5. The summed E-state index contributed by atoms with van der Waals surface area (Å²) < 4.78 is 0. The van der Waals surface area contributed by atoms with Crippen LogP contribution in [0, 0.1) is 64.1 Å². The number of benzene rings is 1. The topological polar surface area (TPSA) is 38.0 Å². The van der Waals surface area contributed by atoms with Crippen LogP contribution in [0.15, 0.2) is 66.8 Å². The fraction of sp³-hybridized carbons (Fsp3) is 0.696. The third-order valence-corrected chi connectivity index (χ3v) is 11.5. The van der Waals surface area contributed by atoms with Crippen molar-refractivity contribution in [3.63, 3.8) is 0 Å². The van der Waals surface area contributed by atoms with Crippen LogP contribution in [-0.4, -0.2) is 12.6 Å². The number of hydrogen-bond acceptors (Lipinski definition) is 2. The predicted octanol–water partition coefficient (Wildman–Crippen LogP) is 13.1. The van der Waals surface area contributed by atoms with E-state index < -0.39 is 0 Å². The second kappa shape index (κ2) is 21.8. The number of rotatable bonds is 23. The fourth-order valence-electron chi connectivity index (χ4n) is 8.66. The van der Waals surface area contributed by atoms with Crippen LogP contribution in [0.2, 0.25) is 0 Å². The molecule has 7 atom stereocenters. The van der Waals surface area contributed by atoms with E-state index in [0.717, 1.165) is 44.3 Å². The molecule has 0 amide bonds. The lowest BCUT2D eigenvalue weighted by Crippen LogP contribution is -2.35. The Kier molecular flexibility index (Phi) is 19.8. The molecular formula is C46H78N2. The van der Waals surface area contributed by atoms with E-state index >= 15 is 0 Å². The number of anilines is 1. The van der Waals surface area contributed by atoms with Crippen molar-refractivity contribution in [1.29, 1.82) is 0 Å². The van der Waals surface area contributed by atoms with E-state index in [9.17, 15) is 0 Å². The maximum atomic E-state index is 6.65. The standard InChI is InChI=1S/C46H78N2/c1-15-27-46(14,41(17-3)18-4)28-22-23-40(26-29-48-43-24-20-19-21-25-43)37(9)33-45(12,13)44(39(11)38(10)36(8)16-2)32-35(7)31-42(47)30-34(5)6/h16,19-21,24-26,34-37,39,41-42,44,48H,2,10,15,17-18,27-33,47H2,1,3-9,11-14H3/b40-26-. The second-order valence-corrected chi connectivity index (χ2v) is 16.9. The molecule has 0 aliphatic rings. The molecule has 272 valence electrons. The highest BCUT2D eigenvalue weighted by Gasteiger charge is 2.38. The largest absolute Gasteiger partial charge is 0.382 e. The van der Waals surface area contributed by atoms with Gasteiger partial charge in [-0.3, -0.25) is 0 Å². The van der Waals surface area contributed by atoms with Gasteiger partial charge in [-0.2, -0.15) is 0 Å². The first kappa shape index (κ1) is 43.8. The molecule has 0 spiro atoms. The van der Waals surface area contributed by atoms with Crippen molar-refractivity contribution in [1.82, 2.24) is 0 Å². The molecule has 0 heterocycles. The smallest absolute Gasteiger partial charge is 0.0342 e. The van der Waals surface area contributed by atoms with E-state index in [0.29, 0.717) is 41.4 Å². The molecule has 0 fully saturated rings. The lowest BCUT2D eigenvalue weighted by Gasteiger charge is -2.43. The average molecular weight is 659 g/mol. The molecule has 0 saturated heterocycles. The van der Waals surface area contributed by atoms with Gasteiger partial charge in [-0.1, -0.05) is 157 Å². The molecule has 0 aromatic heterocycles. The normalized spacial score (nSPS) is 17.4. The monoisotopic (exact) mass is 659 g/mol. The summed E-state index contributed by atoms with van der Waals surface area (Å²) in [6, 6.07) is 10.8. The van der Waals surface area contributed by atoms with Crippen LogP contribution in [0.25, 0.3) is 0 Å². The summed E-state index contributed by atoms with van der Waals surface area (Å²) in [6.07, 6.45) is 14.6. The minimum atomic E-state index is 0.0823. The van der Waals surface area contributed by atoms with Crippen LogP contribution in [0.5, 0.6) is 0 Å². The number of nitrogens with two attached hydrogens (primary N) is 1. The predicted molar refractivity (Wildman–Crippen MR) is 217 cm³/mol. The van der Waals surface area contributed by atoms with E-state index in [4.69, 9.17) is 5.73 Å². The first-order valence-electron chi connectivity index (χ1n) is 19.6. The van der Waals surface area contributed by atoms with Gasteiger partial charge in [-0.15, -0.1) is 6.58 Å². The van der Waals surface area contributed by atoms with E-state index in [2.05, 4.69) is 156 Å². The molecule has 2 nitrogen and oxygen atoms in total. The molecule has 0 bridgehead atoms. The average Bonchev–Trinajstić information content (AvgIpc) is 3.02. The van der Waals surface area contributed by atoms with Gasteiger partial charge >= 0.3 is 0 Å². The molecule has 7 unspecified atom stereocenters. The fourth-order valence-corrected chi connectivity index (χ4v) is 8.66. The Bertz CT molecular complexity index is 1140. The zero-order valence-electron chi connectivity index (χ0n) is 33.7. The van der Waals surface area contributed by atoms with Crippen molar-refractivity contribution >= 4 is 5.69 Å². The minimum Gasteiger partial charge on any atom is -0.382 e. The maximum Gasteiger partial charge on any atom is 0.0342 e. The molecule has 0 saturated carbocycles. The zero-order valence-corrected chi connectivity index (χ0v) is 33.7. The Morgan fingerprint density at radius 2 is 1.56 bits per heavy atom. The quantitative estimate of drug-likeness (QED) is 0.0907. The lowest BCUT2D eigenvalue weighted by molar-refractivity contribution is 0.105. The Balaban J connectivity index is 3.44. The molecule has 1 rings (SSSR count).